The third kappa shape index (κ3) is 3.16. The fourth-order valence-electron chi connectivity index (χ4n) is 4.72. The van der Waals surface area contributed by atoms with Gasteiger partial charge in [-0.05, 0) is 18.3 Å². The summed E-state index contributed by atoms with van der Waals surface area (Å²) in [7, 11) is 0. The fourth-order valence-corrected chi connectivity index (χ4v) is 4.72. The Morgan fingerprint density at radius 2 is 0.917 bits per heavy atom. The van der Waals surface area contributed by atoms with Crippen LogP contribution in [0.25, 0.3) is 11.1 Å². The summed E-state index contributed by atoms with van der Waals surface area (Å²) in [4.78, 5) is 2.71. The number of aromatic nitrogens is 1. The molecule has 0 spiro atoms. The van der Waals surface area contributed by atoms with Gasteiger partial charge in [0.2, 0.25) is 0 Å². The lowest BCUT2D eigenvalue weighted by molar-refractivity contribution is -0.388. The molecule has 4 aromatic rings. The van der Waals surface area contributed by atoms with Gasteiger partial charge in [-0.15, -0.1) is 0 Å². The highest BCUT2D eigenvalue weighted by atomic mass is 19.2. The van der Waals surface area contributed by atoms with E-state index in [1.807, 2.05) is 0 Å². The fraction of sp³-hybridized carbons (Fsp3) is 0.0417. The maximum absolute atomic E-state index is 15.0. The van der Waals surface area contributed by atoms with Crippen molar-refractivity contribution in [3.05, 3.63) is 112 Å². The van der Waals surface area contributed by atoms with Crippen molar-refractivity contribution in [2.75, 3.05) is 0 Å². The number of benzene rings is 3. The van der Waals surface area contributed by atoms with Crippen molar-refractivity contribution in [1.29, 1.82) is 0 Å². The monoisotopic (exact) mass is 512 g/mol. The molecule has 12 heteroatoms. The van der Waals surface area contributed by atoms with Crippen LogP contribution in [-0.2, 0) is 0 Å². The number of aromatic amines is 1. The first kappa shape index (κ1) is 23.9. The van der Waals surface area contributed by atoms with E-state index < -0.39 is 81.6 Å². The highest BCUT2D eigenvalue weighted by Gasteiger charge is 2.40. The molecular weight excluding hydrogens is 503 g/mol. The third-order valence-corrected chi connectivity index (χ3v) is 6.23. The van der Waals surface area contributed by atoms with Crippen molar-refractivity contribution >= 4 is 17.6 Å². The molecule has 0 saturated heterocycles. The minimum atomic E-state index is -2.57. The van der Waals surface area contributed by atoms with E-state index in [1.165, 1.54) is 36.5 Å². The lowest BCUT2D eigenvalue weighted by Crippen LogP contribution is -2.55. The second-order valence-electron chi connectivity index (χ2n) is 8.01. The summed E-state index contributed by atoms with van der Waals surface area (Å²) in [5.74, 6) is -26.4. The molecule has 3 aromatic carbocycles. The van der Waals surface area contributed by atoms with Crippen molar-refractivity contribution in [3.63, 3.8) is 0 Å². The number of nitrogens with one attached hydrogen (secondary N) is 1. The summed E-state index contributed by atoms with van der Waals surface area (Å²) in [6, 6.07) is 8.83. The van der Waals surface area contributed by atoms with E-state index >= 15 is 17.6 Å². The van der Waals surface area contributed by atoms with Crippen LogP contribution in [0.3, 0.4) is 0 Å². The molecule has 183 valence electrons. The van der Waals surface area contributed by atoms with Crippen LogP contribution in [0.1, 0.15) is 17.1 Å². The van der Waals surface area contributed by atoms with E-state index in [-0.39, 0.29) is 11.3 Å². The molecular formula is C24H9BF10N. The van der Waals surface area contributed by atoms with Crippen molar-refractivity contribution in [2.24, 2.45) is 0 Å². The molecule has 1 aromatic heterocycles. The van der Waals surface area contributed by atoms with Crippen molar-refractivity contribution in [1.82, 2.24) is 0 Å². The van der Waals surface area contributed by atoms with Crippen LogP contribution in [-0.4, -0.2) is 6.71 Å². The topological polar surface area (TPSA) is 14.1 Å². The van der Waals surface area contributed by atoms with E-state index in [4.69, 9.17) is 0 Å². The van der Waals surface area contributed by atoms with Gasteiger partial charge in [0.25, 0.3) is 0 Å². The summed E-state index contributed by atoms with van der Waals surface area (Å²) in [5.41, 5.74) is -2.73. The van der Waals surface area contributed by atoms with Crippen LogP contribution in [0, 0.1) is 58.2 Å². The molecule has 1 aliphatic carbocycles. The maximum Gasteiger partial charge on any atom is 0.200 e. The molecule has 0 fully saturated rings. The molecule has 1 N–H and O–H groups in total. The number of hydrogen-bond donors (Lipinski definition) is 0. The van der Waals surface area contributed by atoms with Crippen LogP contribution < -0.4 is 15.9 Å². The second kappa shape index (κ2) is 8.39. The van der Waals surface area contributed by atoms with Crippen LogP contribution in [0.5, 0.6) is 0 Å². The van der Waals surface area contributed by atoms with Gasteiger partial charge in [0, 0.05) is 11.6 Å². The van der Waals surface area contributed by atoms with Gasteiger partial charge in [-0.3, -0.25) is 0 Å². The second-order valence-corrected chi connectivity index (χ2v) is 8.01. The predicted molar refractivity (Wildman–Crippen MR) is 108 cm³/mol. The first-order valence-electron chi connectivity index (χ1n) is 10.2. The number of rotatable bonds is 3. The normalized spacial score (nSPS) is 14.4. The number of hydrogen-bond acceptors (Lipinski definition) is 0. The Morgan fingerprint density at radius 3 is 1.42 bits per heavy atom. The quantitative estimate of drug-likeness (QED) is 0.161. The number of fused-ring (bicyclic) bond motifs is 3. The average Bonchev–Trinajstić information content (AvgIpc) is 3.22. The molecule has 1 aliphatic rings. The van der Waals surface area contributed by atoms with Crippen molar-refractivity contribution < 1.29 is 48.9 Å². The SMILES string of the molecule is Fc1c(F)c(F)c([B-](c2c(F)c(F)c(F)c(F)c2F)C2c3ccccc3-c3ccc[nH+]c32)c(F)c1F. The van der Waals surface area contributed by atoms with E-state index in [2.05, 4.69) is 4.98 Å². The average molecular weight is 512 g/mol. The molecule has 0 amide bonds. The van der Waals surface area contributed by atoms with Gasteiger partial charge in [-0.1, -0.05) is 35.6 Å². The maximum atomic E-state index is 15.0. The molecule has 1 atom stereocenters. The Hall–Kier alpha value is -3.83. The van der Waals surface area contributed by atoms with Crippen molar-refractivity contribution in [3.8, 4) is 11.1 Å². The first-order valence-corrected chi connectivity index (χ1v) is 10.2. The van der Waals surface area contributed by atoms with Gasteiger partial charge in [-0.25, -0.2) is 48.9 Å². The van der Waals surface area contributed by atoms with E-state index in [9.17, 15) is 26.3 Å². The molecule has 5 rings (SSSR count). The molecule has 36 heavy (non-hydrogen) atoms. The van der Waals surface area contributed by atoms with Gasteiger partial charge in [0.15, 0.2) is 46.8 Å². The van der Waals surface area contributed by atoms with Gasteiger partial charge >= 0.3 is 0 Å². The molecule has 1 unspecified atom stereocenters. The number of halogens is 10. The summed E-state index contributed by atoms with van der Waals surface area (Å²) in [6.07, 6.45) is 1.31. The zero-order valence-corrected chi connectivity index (χ0v) is 17.5. The Balaban J connectivity index is 1.97. The van der Waals surface area contributed by atoms with E-state index in [0.29, 0.717) is 11.1 Å². The van der Waals surface area contributed by atoms with Crippen LogP contribution in [0.4, 0.5) is 43.9 Å². The van der Waals surface area contributed by atoms with Crippen molar-refractivity contribution in [2.45, 2.75) is 5.82 Å². The highest BCUT2D eigenvalue weighted by molar-refractivity contribution is 6.87. The van der Waals surface area contributed by atoms with Crippen LogP contribution in [0.2, 0.25) is 0 Å². The summed E-state index contributed by atoms with van der Waals surface area (Å²) < 4.78 is 145. The summed E-state index contributed by atoms with van der Waals surface area (Å²) >= 11 is 0. The summed E-state index contributed by atoms with van der Waals surface area (Å²) in [6.45, 7) is -2.57. The predicted octanol–water partition coefficient (Wildman–Crippen LogP) is 4.85. The zero-order chi connectivity index (χ0) is 26.0. The Bertz CT molecular complexity index is 1400. The smallest absolute Gasteiger partial charge is 0.200 e. The molecule has 1 radical (unpaired) electrons. The van der Waals surface area contributed by atoms with Crippen LogP contribution in [0.15, 0.2) is 42.6 Å². The molecule has 0 aliphatic heterocycles. The van der Waals surface area contributed by atoms with Gasteiger partial charge in [-0.2, -0.15) is 10.9 Å². The Kier molecular flexibility index (Phi) is 5.57. The van der Waals surface area contributed by atoms with Gasteiger partial charge in [0.05, 0.1) is 0 Å². The van der Waals surface area contributed by atoms with Gasteiger partial charge in [0.1, 0.15) is 23.3 Å². The highest BCUT2D eigenvalue weighted by Crippen LogP contribution is 2.44. The Morgan fingerprint density at radius 1 is 0.500 bits per heavy atom. The van der Waals surface area contributed by atoms with Gasteiger partial charge < -0.3 is 0 Å². The van der Waals surface area contributed by atoms with E-state index in [0.717, 1.165) is 0 Å². The third-order valence-electron chi connectivity index (χ3n) is 6.23. The molecule has 1 heterocycles. The number of pyridine rings is 1. The zero-order valence-electron chi connectivity index (χ0n) is 17.5. The minimum absolute atomic E-state index is 0.00316. The standard InChI is InChI=1S/C24H8BF10N/c26-14-12(15(27)19(31)22(34)18(14)30)25(13-16(28)20(32)23(35)21(33)17(13)29)11-9-5-2-1-4-8(9)10-6-3-7-36-24(10)11/h1-7,11H/q-1/p+1. The van der Waals surface area contributed by atoms with E-state index in [1.54, 1.807) is 6.07 Å². The number of H-pyrrole nitrogens is 1. The molecule has 1 nitrogen and oxygen atoms in total. The Labute approximate surface area is 196 Å². The first-order chi connectivity index (χ1) is 17.1. The lowest BCUT2D eigenvalue weighted by Gasteiger charge is -2.36. The summed E-state index contributed by atoms with van der Waals surface area (Å²) in [5, 5.41) is 0. The molecule has 0 saturated carbocycles. The lowest BCUT2D eigenvalue weighted by atomic mass is 9.32. The largest absolute Gasteiger partial charge is 0.217 e. The molecule has 0 bridgehead atoms. The minimum Gasteiger partial charge on any atom is -0.217 e. The van der Waals surface area contributed by atoms with Crippen LogP contribution >= 0.6 is 0 Å².